The van der Waals surface area contributed by atoms with Gasteiger partial charge in [-0.15, -0.1) is 24.0 Å². The van der Waals surface area contributed by atoms with Crippen LogP contribution in [0.4, 0.5) is 0 Å². The molecule has 1 saturated heterocycles. The monoisotopic (exact) mass is 541 g/mol. The van der Waals surface area contributed by atoms with Crippen molar-refractivity contribution in [1.29, 1.82) is 0 Å². The van der Waals surface area contributed by atoms with Crippen LogP contribution in [-0.4, -0.2) is 84.8 Å². The van der Waals surface area contributed by atoms with Gasteiger partial charge in [0.1, 0.15) is 0 Å². The first-order chi connectivity index (χ1) is 14.5. The summed E-state index contributed by atoms with van der Waals surface area (Å²) in [7, 11) is 0. The average molecular weight is 541 g/mol. The lowest BCUT2D eigenvalue weighted by Gasteiger charge is -2.37. The fourth-order valence-electron chi connectivity index (χ4n) is 4.09. The normalized spacial score (nSPS) is 17.2. The number of hydrogen-bond donors (Lipinski definition) is 1. The molecule has 2 amide bonds. The summed E-state index contributed by atoms with van der Waals surface area (Å²) in [4.78, 5) is 35.9. The van der Waals surface area contributed by atoms with Crippen molar-refractivity contribution in [2.24, 2.45) is 10.9 Å². The third-order valence-corrected chi connectivity index (χ3v) is 5.56. The van der Waals surface area contributed by atoms with Gasteiger partial charge in [-0.05, 0) is 37.8 Å². The number of rotatable bonds is 8. The summed E-state index contributed by atoms with van der Waals surface area (Å²) >= 11 is 0. The van der Waals surface area contributed by atoms with E-state index in [1.807, 2.05) is 0 Å². The van der Waals surface area contributed by atoms with E-state index in [9.17, 15) is 9.59 Å². The molecule has 0 radical (unpaired) electrons. The van der Waals surface area contributed by atoms with E-state index in [0.29, 0.717) is 30.1 Å². The Morgan fingerprint density at radius 2 is 1.65 bits per heavy atom. The summed E-state index contributed by atoms with van der Waals surface area (Å²) in [5.41, 5.74) is 1.04. The van der Waals surface area contributed by atoms with Crippen molar-refractivity contribution in [3.63, 3.8) is 0 Å². The van der Waals surface area contributed by atoms with E-state index in [1.165, 1.54) is 4.90 Å². The number of benzene rings is 1. The third-order valence-electron chi connectivity index (χ3n) is 5.56. The molecule has 0 bridgehead atoms. The molecule has 172 valence electrons. The molecule has 1 N–H and O–H groups in total. The number of piperazine rings is 1. The molecular weight excluding hydrogens is 505 g/mol. The number of carbonyl (C=O) groups excluding carboxylic acids is 2. The van der Waals surface area contributed by atoms with E-state index in [-0.39, 0.29) is 35.8 Å². The molecule has 2 heterocycles. The van der Waals surface area contributed by atoms with E-state index in [4.69, 9.17) is 4.99 Å². The number of hydrogen-bond acceptors (Lipinski definition) is 4. The van der Waals surface area contributed by atoms with E-state index in [2.05, 4.69) is 35.9 Å². The average Bonchev–Trinajstić information content (AvgIpc) is 2.98. The highest BCUT2D eigenvalue weighted by Gasteiger charge is 2.34. The van der Waals surface area contributed by atoms with Crippen LogP contribution in [0.3, 0.4) is 0 Å². The maximum Gasteiger partial charge on any atom is 0.261 e. The predicted octanol–water partition coefficient (Wildman–Crippen LogP) is 2.92. The fraction of sp³-hybridized carbons (Fsp3) is 0.609. The molecule has 0 saturated carbocycles. The lowest BCUT2D eigenvalue weighted by molar-refractivity contribution is 0.0652. The quantitative estimate of drug-likeness (QED) is 0.180. The minimum Gasteiger partial charge on any atom is -0.357 e. The maximum absolute atomic E-state index is 12.4. The van der Waals surface area contributed by atoms with Crippen molar-refractivity contribution >= 4 is 41.8 Å². The summed E-state index contributed by atoms with van der Waals surface area (Å²) in [6.07, 6.45) is 1.60. The van der Waals surface area contributed by atoms with Gasteiger partial charge in [0.15, 0.2) is 5.96 Å². The Hall–Kier alpha value is -1.68. The van der Waals surface area contributed by atoms with Gasteiger partial charge in [0.25, 0.3) is 11.8 Å². The number of halogens is 1. The Bertz CT molecular complexity index is 740. The van der Waals surface area contributed by atoms with Crippen LogP contribution < -0.4 is 5.32 Å². The van der Waals surface area contributed by atoms with Crippen LogP contribution in [0.2, 0.25) is 0 Å². The van der Waals surface area contributed by atoms with Gasteiger partial charge >= 0.3 is 0 Å². The minimum atomic E-state index is -0.174. The largest absolute Gasteiger partial charge is 0.357 e. The summed E-state index contributed by atoms with van der Waals surface area (Å²) in [5.74, 6) is 1.32. The molecule has 0 aromatic heterocycles. The Balaban J connectivity index is 0.00000341. The lowest BCUT2D eigenvalue weighted by Crippen LogP contribution is -2.53. The Morgan fingerprint density at radius 3 is 2.19 bits per heavy atom. The first-order valence-electron chi connectivity index (χ1n) is 11.2. The molecule has 0 spiro atoms. The van der Waals surface area contributed by atoms with Crippen molar-refractivity contribution in [2.75, 3.05) is 52.4 Å². The Labute approximate surface area is 203 Å². The first-order valence-corrected chi connectivity index (χ1v) is 11.2. The SMILES string of the molecule is CCNC(=NCCCCN1C(=O)c2ccccc2C1=O)N1CCN(CC(C)C)CC1.I. The highest BCUT2D eigenvalue weighted by molar-refractivity contribution is 14.0. The van der Waals surface area contributed by atoms with Crippen LogP contribution in [0.25, 0.3) is 0 Å². The van der Waals surface area contributed by atoms with Crippen LogP contribution >= 0.6 is 24.0 Å². The number of amides is 2. The predicted molar refractivity (Wildman–Crippen MR) is 135 cm³/mol. The van der Waals surface area contributed by atoms with Gasteiger partial charge in [-0.2, -0.15) is 0 Å². The summed E-state index contributed by atoms with van der Waals surface area (Å²) < 4.78 is 0. The standard InChI is InChI=1S/C23H35N5O2.HI/c1-4-24-23(27-15-13-26(14-16-27)17-18(2)3)25-11-7-8-12-28-21(29)19-9-5-6-10-20(19)22(28)30;/h5-6,9-10,18H,4,7-8,11-17H2,1-3H3,(H,24,25);1H. The smallest absolute Gasteiger partial charge is 0.261 e. The number of guanidine groups is 1. The third kappa shape index (κ3) is 6.65. The Morgan fingerprint density at radius 1 is 1.03 bits per heavy atom. The van der Waals surface area contributed by atoms with Crippen molar-refractivity contribution in [3.05, 3.63) is 35.4 Å². The molecule has 7 nitrogen and oxygen atoms in total. The number of nitrogens with zero attached hydrogens (tertiary/aromatic N) is 4. The lowest BCUT2D eigenvalue weighted by atomic mass is 10.1. The molecule has 1 aromatic carbocycles. The van der Waals surface area contributed by atoms with Crippen LogP contribution in [0.1, 0.15) is 54.3 Å². The fourth-order valence-corrected chi connectivity index (χ4v) is 4.09. The topological polar surface area (TPSA) is 68.2 Å². The van der Waals surface area contributed by atoms with Gasteiger partial charge in [-0.25, -0.2) is 0 Å². The number of carbonyl (C=O) groups is 2. The van der Waals surface area contributed by atoms with Gasteiger partial charge in [-0.1, -0.05) is 26.0 Å². The summed E-state index contributed by atoms with van der Waals surface area (Å²) in [6.45, 7) is 13.9. The maximum atomic E-state index is 12.4. The molecule has 2 aliphatic rings. The van der Waals surface area contributed by atoms with Gasteiger partial charge in [-0.3, -0.25) is 24.4 Å². The summed E-state index contributed by atoms with van der Waals surface area (Å²) in [6, 6.07) is 7.05. The zero-order valence-electron chi connectivity index (χ0n) is 19.0. The number of aliphatic imine (C=N–C) groups is 1. The zero-order valence-corrected chi connectivity index (χ0v) is 21.3. The van der Waals surface area contributed by atoms with Gasteiger partial charge in [0.05, 0.1) is 11.1 Å². The molecule has 3 rings (SSSR count). The highest BCUT2D eigenvalue weighted by atomic mass is 127. The van der Waals surface area contributed by atoms with E-state index in [0.717, 1.165) is 58.1 Å². The number of fused-ring (bicyclic) bond motifs is 1. The summed E-state index contributed by atoms with van der Waals surface area (Å²) in [5, 5.41) is 3.40. The molecule has 1 aromatic rings. The molecular formula is C23H36IN5O2. The van der Waals surface area contributed by atoms with Crippen LogP contribution in [0.15, 0.2) is 29.3 Å². The van der Waals surface area contributed by atoms with E-state index >= 15 is 0 Å². The van der Waals surface area contributed by atoms with E-state index < -0.39 is 0 Å². The molecule has 8 heteroatoms. The number of imide groups is 1. The second kappa shape index (κ2) is 12.4. The van der Waals surface area contributed by atoms with Crippen LogP contribution in [0.5, 0.6) is 0 Å². The van der Waals surface area contributed by atoms with Crippen LogP contribution in [0, 0.1) is 5.92 Å². The van der Waals surface area contributed by atoms with Gasteiger partial charge in [0, 0.05) is 52.4 Å². The van der Waals surface area contributed by atoms with Gasteiger partial charge < -0.3 is 10.2 Å². The molecule has 0 unspecified atom stereocenters. The zero-order chi connectivity index (χ0) is 21.5. The molecule has 2 aliphatic heterocycles. The number of unbranched alkanes of at least 4 members (excludes halogenated alkanes) is 1. The van der Waals surface area contributed by atoms with Gasteiger partial charge in [0.2, 0.25) is 0 Å². The van der Waals surface area contributed by atoms with Crippen LogP contribution in [-0.2, 0) is 0 Å². The Kier molecular flexibility index (Phi) is 10.2. The van der Waals surface area contributed by atoms with Crippen molar-refractivity contribution < 1.29 is 9.59 Å². The van der Waals surface area contributed by atoms with Crippen molar-refractivity contribution in [2.45, 2.75) is 33.6 Å². The molecule has 0 atom stereocenters. The van der Waals surface area contributed by atoms with Crippen molar-refractivity contribution in [3.8, 4) is 0 Å². The second-order valence-electron chi connectivity index (χ2n) is 8.43. The highest BCUT2D eigenvalue weighted by Crippen LogP contribution is 2.22. The second-order valence-corrected chi connectivity index (χ2v) is 8.43. The number of nitrogens with one attached hydrogen (secondary N) is 1. The van der Waals surface area contributed by atoms with Crippen molar-refractivity contribution in [1.82, 2.24) is 20.0 Å². The molecule has 0 aliphatic carbocycles. The molecule has 31 heavy (non-hydrogen) atoms. The van der Waals surface area contributed by atoms with E-state index in [1.54, 1.807) is 24.3 Å². The molecule has 1 fully saturated rings. The minimum absolute atomic E-state index is 0. The first kappa shape index (κ1) is 25.6.